The van der Waals surface area contributed by atoms with E-state index in [1.54, 1.807) is 18.2 Å². The lowest BCUT2D eigenvalue weighted by molar-refractivity contribution is 0.0887. The summed E-state index contributed by atoms with van der Waals surface area (Å²) in [6.07, 6.45) is 0. The fourth-order valence-electron chi connectivity index (χ4n) is 1.42. The number of carbonyl (C=O) groups excluding carboxylic acids is 1. The Bertz CT molecular complexity index is 388. The number of nitrogens with one attached hydrogen (secondary N) is 1. The second-order valence-electron chi connectivity index (χ2n) is 4.43. The van der Waals surface area contributed by atoms with E-state index >= 15 is 0 Å². The van der Waals surface area contributed by atoms with E-state index in [-0.39, 0.29) is 5.91 Å². The van der Waals surface area contributed by atoms with E-state index in [9.17, 15) is 4.79 Å². The Morgan fingerprint density at radius 1 is 1.50 bits per heavy atom. The van der Waals surface area contributed by atoms with Crippen LogP contribution in [0.1, 0.15) is 24.2 Å². The van der Waals surface area contributed by atoms with Crippen LogP contribution in [0.3, 0.4) is 0 Å². The predicted molar refractivity (Wildman–Crippen MR) is 73.9 cm³/mol. The number of nitrogens with two attached hydrogens (primary N) is 1. The minimum atomic E-state index is -0.272. The molecule has 18 heavy (non-hydrogen) atoms. The zero-order valence-electron chi connectivity index (χ0n) is 10.7. The molecule has 0 spiro atoms. The molecule has 0 atom stereocenters. The van der Waals surface area contributed by atoms with Gasteiger partial charge in [0.05, 0.1) is 17.2 Å². The quantitative estimate of drug-likeness (QED) is 0.616. The van der Waals surface area contributed by atoms with Crippen molar-refractivity contribution in [2.24, 2.45) is 5.92 Å². The van der Waals surface area contributed by atoms with Gasteiger partial charge in [0.1, 0.15) is 0 Å². The molecule has 0 radical (unpaired) electrons. The highest BCUT2D eigenvalue weighted by atomic mass is 35.5. The number of hydrogen-bond acceptors (Lipinski definition) is 3. The minimum Gasteiger partial charge on any atom is -0.398 e. The largest absolute Gasteiger partial charge is 0.398 e. The van der Waals surface area contributed by atoms with Gasteiger partial charge in [-0.3, -0.25) is 4.79 Å². The van der Waals surface area contributed by atoms with Crippen LogP contribution in [-0.2, 0) is 4.74 Å². The van der Waals surface area contributed by atoms with Gasteiger partial charge in [0.25, 0.3) is 5.91 Å². The molecule has 100 valence electrons. The van der Waals surface area contributed by atoms with Crippen molar-refractivity contribution in [1.82, 2.24) is 5.32 Å². The van der Waals surface area contributed by atoms with E-state index in [0.717, 1.165) is 0 Å². The Balaban J connectivity index is 2.41. The van der Waals surface area contributed by atoms with Crippen molar-refractivity contribution >= 4 is 23.2 Å². The first-order chi connectivity index (χ1) is 8.52. The molecule has 4 nitrogen and oxygen atoms in total. The Morgan fingerprint density at radius 2 is 2.22 bits per heavy atom. The molecule has 1 aromatic rings. The normalized spacial score (nSPS) is 10.7. The van der Waals surface area contributed by atoms with Crippen LogP contribution in [0.15, 0.2) is 18.2 Å². The van der Waals surface area contributed by atoms with Gasteiger partial charge in [0.2, 0.25) is 0 Å². The minimum absolute atomic E-state index is 0.272. The predicted octanol–water partition coefficient (Wildman–Crippen LogP) is 2.32. The van der Waals surface area contributed by atoms with Gasteiger partial charge in [-0.05, 0) is 18.1 Å². The number of anilines is 1. The van der Waals surface area contributed by atoms with Crippen LogP contribution in [0, 0.1) is 5.92 Å². The first-order valence-electron chi connectivity index (χ1n) is 5.92. The van der Waals surface area contributed by atoms with Crippen molar-refractivity contribution < 1.29 is 9.53 Å². The molecule has 0 aromatic heterocycles. The molecule has 1 rings (SSSR count). The van der Waals surface area contributed by atoms with E-state index in [1.807, 2.05) is 0 Å². The van der Waals surface area contributed by atoms with Crippen molar-refractivity contribution in [3.63, 3.8) is 0 Å². The van der Waals surface area contributed by atoms with Crippen LogP contribution < -0.4 is 11.1 Å². The number of benzene rings is 1. The van der Waals surface area contributed by atoms with Crippen LogP contribution >= 0.6 is 11.6 Å². The standard InChI is InChI=1S/C13H19ClN2O2/c1-9(2)8-18-7-6-16-13(17)12-10(14)4-3-5-11(12)15/h3-5,9H,6-8,15H2,1-2H3,(H,16,17). The molecule has 0 saturated heterocycles. The average Bonchev–Trinajstić information content (AvgIpc) is 2.27. The molecule has 3 N–H and O–H groups in total. The summed E-state index contributed by atoms with van der Waals surface area (Å²) in [6.45, 7) is 5.75. The second-order valence-corrected chi connectivity index (χ2v) is 4.84. The summed E-state index contributed by atoms with van der Waals surface area (Å²) in [7, 11) is 0. The molecular weight excluding hydrogens is 252 g/mol. The third-order valence-corrected chi connectivity index (χ3v) is 2.57. The maximum absolute atomic E-state index is 11.9. The van der Waals surface area contributed by atoms with Gasteiger partial charge in [-0.25, -0.2) is 0 Å². The molecule has 1 aromatic carbocycles. The molecule has 5 heteroatoms. The topological polar surface area (TPSA) is 64.3 Å². The number of halogens is 1. The highest BCUT2D eigenvalue weighted by Gasteiger charge is 2.12. The molecule has 0 unspecified atom stereocenters. The van der Waals surface area contributed by atoms with Gasteiger partial charge in [0, 0.05) is 18.8 Å². The number of rotatable bonds is 6. The van der Waals surface area contributed by atoms with Gasteiger partial charge < -0.3 is 15.8 Å². The van der Waals surface area contributed by atoms with Crippen LogP contribution in [0.25, 0.3) is 0 Å². The van der Waals surface area contributed by atoms with Gasteiger partial charge in [-0.2, -0.15) is 0 Å². The number of ether oxygens (including phenoxy) is 1. The highest BCUT2D eigenvalue weighted by molar-refractivity contribution is 6.34. The highest BCUT2D eigenvalue weighted by Crippen LogP contribution is 2.21. The number of hydrogen-bond donors (Lipinski definition) is 2. The molecule has 0 aliphatic carbocycles. The van der Waals surface area contributed by atoms with Crippen LogP contribution in [-0.4, -0.2) is 25.7 Å². The summed E-state index contributed by atoms with van der Waals surface area (Å²) >= 11 is 5.93. The zero-order valence-corrected chi connectivity index (χ0v) is 11.5. The lowest BCUT2D eigenvalue weighted by Gasteiger charge is -2.10. The fourth-order valence-corrected chi connectivity index (χ4v) is 1.69. The monoisotopic (exact) mass is 270 g/mol. The fraction of sp³-hybridized carbons (Fsp3) is 0.462. The molecule has 1 amide bonds. The molecule has 0 heterocycles. The van der Waals surface area contributed by atoms with Crippen molar-refractivity contribution in [3.8, 4) is 0 Å². The number of amides is 1. The molecule has 0 saturated carbocycles. The Morgan fingerprint density at radius 3 is 2.83 bits per heavy atom. The van der Waals surface area contributed by atoms with E-state index in [1.165, 1.54) is 0 Å². The lowest BCUT2D eigenvalue weighted by atomic mass is 10.1. The Hall–Kier alpha value is -1.26. The van der Waals surface area contributed by atoms with Crippen LogP contribution in [0.5, 0.6) is 0 Å². The first kappa shape index (κ1) is 14.8. The third-order valence-electron chi connectivity index (χ3n) is 2.26. The molecule has 0 bridgehead atoms. The Labute approximate surface area is 112 Å². The van der Waals surface area contributed by atoms with Gasteiger partial charge >= 0.3 is 0 Å². The number of carbonyl (C=O) groups is 1. The third kappa shape index (κ3) is 4.55. The lowest BCUT2D eigenvalue weighted by Crippen LogP contribution is -2.28. The van der Waals surface area contributed by atoms with Crippen molar-refractivity contribution in [3.05, 3.63) is 28.8 Å². The van der Waals surface area contributed by atoms with Crippen molar-refractivity contribution in [2.75, 3.05) is 25.5 Å². The van der Waals surface area contributed by atoms with E-state index in [0.29, 0.717) is 41.9 Å². The van der Waals surface area contributed by atoms with Crippen LogP contribution in [0.2, 0.25) is 5.02 Å². The van der Waals surface area contributed by atoms with Crippen LogP contribution in [0.4, 0.5) is 5.69 Å². The summed E-state index contributed by atoms with van der Waals surface area (Å²) in [5.74, 6) is 0.214. The number of nitrogen functional groups attached to an aromatic ring is 1. The maximum Gasteiger partial charge on any atom is 0.254 e. The average molecular weight is 271 g/mol. The van der Waals surface area contributed by atoms with Crippen molar-refractivity contribution in [2.45, 2.75) is 13.8 Å². The summed E-state index contributed by atoms with van der Waals surface area (Å²) in [5, 5.41) is 3.08. The smallest absolute Gasteiger partial charge is 0.254 e. The maximum atomic E-state index is 11.9. The van der Waals surface area contributed by atoms with E-state index in [2.05, 4.69) is 19.2 Å². The second kappa shape index (κ2) is 7.24. The Kier molecular flexibility index (Phi) is 5.95. The zero-order chi connectivity index (χ0) is 13.5. The summed E-state index contributed by atoms with van der Waals surface area (Å²) < 4.78 is 5.36. The SMILES string of the molecule is CC(C)COCCNC(=O)c1c(N)cccc1Cl. The van der Waals surface area contributed by atoms with E-state index < -0.39 is 0 Å². The van der Waals surface area contributed by atoms with Gasteiger partial charge in [-0.1, -0.05) is 31.5 Å². The summed E-state index contributed by atoms with van der Waals surface area (Å²) in [6, 6.07) is 5.00. The van der Waals surface area contributed by atoms with Gasteiger partial charge in [-0.15, -0.1) is 0 Å². The molecule has 0 fully saturated rings. The molecule has 0 aliphatic rings. The molecular formula is C13H19ClN2O2. The van der Waals surface area contributed by atoms with Gasteiger partial charge in [0.15, 0.2) is 0 Å². The molecule has 0 aliphatic heterocycles. The first-order valence-corrected chi connectivity index (χ1v) is 6.30. The van der Waals surface area contributed by atoms with E-state index in [4.69, 9.17) is 22.1 Å². The van der Waals surface area contributed by atoms with Crippen molar-refractivity contribution in [1.29, 1.82) is 0 Å². The summed E-state index contributed by atoms with van der Waals surface area (Å²) in [5.41, 5.74) is 6.42. The summed E-state index contributed by atoms with van der Waals surface area (Å²) in [4.78, 5) is 11.9.